The van der Waals surface area contributed by atoms with Gasteiger partial charge in [0.15, 0.2) is 0 Å². The minimum absolute atomic E-state index is 0.421. The van der Waals surface area contributed by atoms with Gasteiger partial charge in [-0.1, -0.05) is 12.1 Å². The van der Waals surface area contributed by atoms with E-state index in [0.717, 1.165) is 0 Å². The number of carbonyl (C=O) groups is 1. The lowest BCUT2D eigenvalue weighted by atomic mass is 10.1. The molecule has 0 unspecified atom stereocenters. The largest absolute Gasteiger partial charge is 0.480 e. The Morgan fingerprint density at radius 3 is 2.57 bits per heavy atom. The van der Waals surface area contributed by atoms with E-state index in [-0.39, 0.29) is 0 Å². The normalized spacial score (nSPS) is 12.9. The van der Waals surface area contributed by atoms with Gasteiger partial charge in [-0.05, 0) is 31.8 Å². The van der Waals surface area contributed by atoms with Gasteiger partial charge < -0.3 is 5.11 Å². The standard InChI is InChI=1S/C10H12FNO2/c1-12(2)9(10(13)14)7-4-3-5-8(11)6-7/h3-6,9H,1-2H3,(H,13,14)/t9-/m1/s1. The molecular formula is C10H12FNO2. The molecule has 0 heterocycles. The zero-order valence-electron chi connectivity index (χ0n) is 8.07. The van der Waals surface area contributed by atoms with Crippen molar-refractivity contribution >= 4 is 5.97 Å². The predicted octanol–water partition coefficient (Wildman–Crippen LogP) is 1.51. The van der Waals surface area contributed by atoms with Crippen molar-refractivity contribution in [1.82, 2.24) is 4.90 Å². The van der Waals surface area contributed by atoms with Crippen LogP contribution in [-0.2, 0) is 4.79 Å². The molecule has 0 spiro atoms. The van der Waals surface area contributed by atoms with Gasteiger partial charge in [0.1, 0.15) is 11.9 Å². The quantitative estimate of drug-likeness (QED) is 0.798. The highest BCUT2D eigenvalue weighted by Crippen LogP contribution is 2.18. The third-order valence-corrected chi connectivity index (χ3v) is 1.91. The van der Waals surface area contributed by atoms with Gasteiger partial charge in [-0.15, -0.1) is 0 Å². The minimum Gasteiger partial charge on any atom is -0.480 e. The molecule has 1 N–H and O–H groups in total. The maximum atomic E-state index is 12.8. The highest BCUT2D eigenvalue weighted by molar-refractivity contribution is 5.75. The number of hydrogen-bond acceptors (Lipinski definition) is 2. The Morgan fingerprint density at radius 1 is 1.50 bits per heavy atom. The number of halogens is 1. The maximum Gasteiger partial charge on any atom is 0.325 e. The van der Waals surface area contributed by atoms with Gasteiger partial charge in [0, 0.05) is 0 Å². The van der Waals surface area contributed by atoms with Gasteiger partial charge in [-0.3, -0.25) is 9.69 Å². The van der Waals surface area contributed by atoms with Crippen LogP contribution in [-0.4, -0.2) is 30.1 Å². The fourth-order valence-electron chi connectivity index (χ4n) is 1.34. The number of likely N-dealkylation sites (N-methyl/N-ethyl adjacent to an activating group) is 1. The molecule has 0 aromatic heterocycles. The fourth-order valence-corrected chi connectivity index (χ4v) is 1.34. The highest BCUT2D eigenvalue weighted by Gasteiger charge is 2.21. The number of rotatable bonds is 3. The van der Waals surface area contributed by atoms with E-state index in [9.17, 15) is 9.18 Å². The van der Waals surface area contributed by atoms with Crippen LogP contribution in [0.4, 0.5) is 4.39 Å². The summed E-state index contributed by atoms with van der Waals surface area (Å²) in [5, 5.41) is 8.92. The Morgan fingerprint density at radius 2 is 2.14 bits per heavy atom. The predicted molar refractivity (Wildman–Crippen MR) is 50.5 cm³/mol. The summed E-state index contributed by atoms with van der Waals surface area (Å²) in [4.78, 5) is 12.4. The van der Waals surface area contributed by atoms with Crippen molar-refractivity contribution in [2.24, 2.45) is 0 Å². The summed E-state index contributed by atoms with van der Waals surface area (Å²) in [6.45, 7) is 0. The Bertz CT molecular complexity index is 339. The number of nitrogens with zero attached hydrogens (tertiary/aromatic N) is 1. The van der Waals surface area contributed by atoms with E-state index in [2.05, 4.69) is 0 Å². The summed E-state index contributed by atoms with van der Waals surface area (Å²) in [7, 11) is 3.29. The summed E-state index contributed by atoms with van der Waals surface area (Å²) in [5.41, 5.74) is 0.447. The first-order valence-electron chi connectivity index (χ1n) is 4.17. The average Bonchev–Trinajstić information content (AvgIpc) is 2.02. The van der Waals surface area contributed by atoms with E-state index in [1.54, 1.807) is 20.2 Å². The summed E-state index contributed by atoms with van der Waals surface area (Å²) in [6, 6.07) is 4.83. The zero-order chi connectivity index (χ0) is 10.7. The lowest BCUT2D eigenvalue weighted by Gasteiger charge is -2.20. The first kappa shape index (κ1) is 10.7. The van der Waals surface area contributed by atoms with Crippen molar-refractivity contribution in [1.29, 1.82) is 0 Å². The zero-order valence-corrected chi connectivity index (χ0v) is 8.07. The van der Waals surface area contributed by atoms with Crippen LogP contribution in [0.2, 0.25) is 0 Å². The molecule has 1 atom stereocenters. The van der Waals surface area contributed by atoms with E-state index in [1.807, 2.05) is 0 Å². The maximum absolute atomic E-state index is 12.8. The van der Waals surface area contributed by atoms with Crippen molar-refractivity contribution in [2.75, 3.05) is 14.1 Å². The topological polar surface area (TPSA) is 40.5 Å². The molecular weight excluding hydrogens is 185 g/mol. The molecule has 1 rings (SSSR count). The van der Waals surface area contributed by atoms with E-state index in [4.69, 9.17) is 5.11 Å². The molecule has 0 saturated carbocycles. The third-order valence-electron chi connectivity index (χ3n) is 1.91. The Kier molecular flexibility index (Phi) is 3.19. The fraction of sp³-hybridized carbons (Fsp3) is 0.300. The van der Waals surface area contributed by atoms with Gasteiger partial charge in [0.05, 0.1) is 0 Å². The monoisotopic (exact) mass is 197 g/mol. The van der Waals surface area contributed by atoms with Gasteiger partial charge in [-0.2, -0.15) is 0 Å². The van der Waals surface area contributed by atoms with E-state index in [1.165, 1.54) is 23.1 Å². The van der Waals surface area contributed by atoms with Crippen LogP contribution in [0.5, 0.6) is 0 Å². The van der Waals surface area contributed by atoms with Crippen molar-refractivity contribution in [3.63, 3.8) is 0 Å². The second-order valence-electron chi connectivity index (χ2n) is 3.26. The van der Waals surface area contributed by atoms with E-state index in [0.29, 0.717) is 5.56 Å². The molecule has 14 heavy (non-hydrogen) atoms. The van der Waals surface area contributed by atoms with Crippen LogP contribution in [0.1, 0.15) is 11.6 Å². The molecule has 0 radical (unpaired) electrons. The molecule has 1 aromatic carbocycles. The summed E-state index contributed by atoms with van der Waals surface area (Å²) in [6.07, 6.45) is 0. The second kappa shape index (κ2) is 4.19. The molecule has 0 aliphatic rings. The van der Waals surface area contributed by atoms with Crippen molar-refractivity contribution in [2.45, 2.75) is 6.04 Å². The van der Waals surface area contributed by atoms with Crippen molar-refractivity contribution in [3.8, 4) is 0 Å². The molecule has 3 nitrogen and oxygen atoms in total. The van der Waals surface area contributed by atoms with E-state index < -0.39 is 17.8 Å². The van der Waals surface area contributed by atoms with Gasteiger partial charge in [-0.25, -0.2) is 4.39 Å². The van der Waals surface area contributed by atoms with Crippen LogP contribution < -0.4 is 0 Å². The summed E-state index contributed by atoms with van der Waals surface area (Å²) < 4.78 is 12.8. The van der Waals surface area contributed by atoms with Gasteiger partial charge in [0.25, 0.3) is 0 Å². The molecule has 0 saturated heterocycles. The average molecular weight is 197 g/mol. The first-order valence-corrected chi connectivity index (χ1v) is 4.17. The Balaban J connectivity index is 3.05. The highest BCUT2D eigenvalue weighted by atomic mass is 19.1. The summed E-state index contributed by atoms with van der Waals surface area (Å²) >= 11 is 0. The molecule has 1 aromatic rings. The molecule has 76 valence electrons. The van der Waals surface area contributed by atoms with Crippen LogP contribution in [0.15, 0.2) is 24.3 Å². The van der Waals surface area contributed by atoms with Crippen LogP contribution in [0, 0.1) is 5.82 Å². The number of benzene rings is 1. The van der Waals surface area contributed by atoms with Crippen molar-refractivity contribution < 1.29 is 14.3 Å². The molecule has 0 bridgehead atoms. The van der Waals surface area contributed by atoms with E-state index >= 15 is 0 Å². The van der Waals surface area contributed by atoms with Crippen LogP contribution in [0.3, 0.4) is 0 Å². The Hall–Kier alpha value is -1.42. The molecule has 0 aliphatic heterocycles. The number of hydrogen-bond donors (Lipinski definition) is 1. The lowest BCUT2D eigenvalue weighted by Crippen LogP contribution is -2.27. The third kappa shape index (κ3) is 2.29. The minimum atomic E-state index is -0.986. The number of carboxylic acids is 1. The SMILES string of the molecule is CN(C)[C@@H](C(=O)O)c1cccc(F)c1. The number of carboxylic acid groups (broad SMARTS) is 1. The van der Waals surface area contributed by atoms with Gasteiger partial charge in [0.2, 0.25) is 0 Å². The van der Waals surface area contributed by atoms with Gasteiger partial charge >= 0.3 is 5.97 Å². The molecule has 0 aliphatic carbocycles. The lowest BCUT2D eigenvalue weighted by molar-refractivity contribution is -0.142. The molecule has 0 amide bonds. The molecule has 4 heteroatoms. The van der Waals surface area contributed by atoms with Crippen LogP contribution in [0.25, 0.3) is 0 Å². The Labute approximate surface area is 81.8 Å². The summed E-state index contributed by atoms with van der Waals surface area (Å²) in [5.74, 6) is -1.41. The smallest absolute Gasteiger partial charge is 0.325 e. The van der Waals surface area contributed by atoms with Crippen LogP contribution >= 0.6 is 0 Å². The van der Waals surface area contributed by atoms with Crippen molar-refractivity contribution in [3.05, 3.63) is 35.6 Å². The second-order valence-corrected chi connectivity index (χ2v) is 3.26. The first-order chi connectivity index (χ1) is 6.52. The number of aliphatic carboxylic acids is 1. The molecule has 0 fully saturated rings.